The molecule has 0 N–H and O–H groups in total. The van der Waals surface area contributed by atoms with Crippen LogP contribution in [0.1, 0.15) is 23.6 Å². The maximum atomic E-state index is 12.0. The molecule has 1 aromatic rings. The Labute approximate surface area is 130 Å². The molecule has 0 saturated heterocycles. The maximum absolute atomic E-state index is 12.0. The van der Waals surface area contributed by atoms with E-state index >= 15 is 0 Å². The van der Waals surface area contributed by atoms with Crippen molar-refractivity contribution >= 4 is 49.0 Å². The molecule has 0 unspecified atom stereocenters. The standard InChI is InChI=1S/C12H13BrN2O3S2/c1-4-11-8(13)5-12(19-11)9-6-10(7(2)16)15(3)20(17,18)14-9/h5-6H,4H2,1-3H3. The van der Waals surface area contributed by atoms with E-state index in [9.17, 15) is 13.2 Å². The van der Waals surface area contributed by atoms with Crippen LogP contribution in [0, 0.1) is 0 Å². The summed E-state index contributed by atoms with van der Waals surface area (Å²) in [5.74, 6) is -0.310. The van der Waals surface area contributed by atoms with Crippen LogP contribution < -0.4 is 0 Å². The molecule has 2 rings (SSSR count). The highest BCUT2D eigenvalue weighted by molar-refractivity contribution is 9.10. The van der Waals surface area contributed by atoms with Gasteiger partial charge in [0.1, 0.15) is 0 Å². The molecule has 1 aromatic heterocycles. The molecule has 0 saturated carbocycles. The number of carbonyl (C=O) groups is 1. The second-order valence-corrected chi connectivity index (χ2v) is 7.86. The Kier molecular flexibility index (Phi) is 4.17. The van der Waals surface area contributed by atoms with Crippen LogP contribution in [0.15, 0.2) is 26.7 Å². The Balaban J connectivity index is 2.58. The van der Waals surface area contributed by atoms with Gasteiger partial charge in [0.25, 0.3) is 0 Å². The van der Waals surface area contributed by atoms with Crippen molar-refractivity contribution in [3.05, 3.63) is 32.1 Å². The van der Waals surface area contributed by atoms with Gasteiger partial charge < -0.3 is 0 Å². The lowest BCUT2D eigenvalue weighted by atomic mass is 10.2. The monoisotopic (exact) mass is 376 g/mol. The average Bonchev–Trinajstić information content (AvgIpc) is 2.73. The Bertz CT molecular complexity index is 732. The van der Waals surface area contributed by atoms with E-state index in [1.807, 2.05) is 13.0 Å². The fourth-order valence-corrected chi connectivity index (χ4v) is 4.64. The van der Waals surface area contributed by atoms with Crippen molar-refractivity contribution in [2.75, 3.05) is 7.05 Å². The third-order valence-electron chi connectivity index (χ3n) is 2.86. The molecule has 20 heavy (non-hydrogen) atoms. The van der Waals surface area contributed by atoms with Gasteiger partial charge in [-0.3, -0.25) is 9.10 Å². The number of Topliss-reactive ketones (excluding diaryl/α,β-unsaturated/α-hetero) is 1. The predicted octanol–water partition coefficient (Wildman–Crippen LogP) is 2.53. The van der Waals surface area contributed by atoms with Gasteiger partial charge in [0.05, 0.1) is 16.3 Å². The normalized spacial score (nSPS) is 17.7. The Morgan fingerprint density at radius 2 is 2.15 bits per heavy atom. The van der Waals surface area contributed by atoms with Gasteiger partial charge in [0.2, 0.25) is 0 Å². The number of carbonyl (C=O) groups excluding carboxylic acids is 1. The lowest BCUT2D eigenvalue weighted by Crippen LogP contribution is -2.32. The molecule has 0 aromatic carbocycles. The molecule has 0 spiro atoms. The SMILES string of the molecule is CCc1sc(C2=NS(=O)(=O)N(C)C(C(C)=O)=C2)cc1Br. The maximum Gasteiger partial charge on any atom is 0.345 e. The van der Waals surface area contributed by atoms with Crippen LogP contribution in [0.25, 0.3) is 0 Å². The highest BCUT2D eigenvalue weighted by atomic mass is 79.9. The number of likely N-dealkylation sites (N-methyl/N-ethyl adjacent to an activating group) is 1. The Morgan fingerprint density at radius 1 is 1.50 bits per heavy atom. The highest BCUT2D eigenvalue weighted by Crippen LogP contribution is 2.30. The van der Waals surface area contributed by atoms with Crippen LogP contribution in [0.4, 0.5) is 0 Å². The molecule has 2 heterocycles. The minimum Gasteiger partial charge on any atom is -0.293 e. The number of thiophene rings is 1. The van der Waals surface area contributed by atoms with Gasteiger partial charge in [-0.15, -0.1) is 15.7 Å². The van der Waals surface area contributed by atoms with E-state index in [-0.39, 0.29) is 11.5 Å². The molecule has 1 aliphatic rings. The third kappa shape index (κ3) is 2.72. The van der Waals surface area contributed by atoms with Crippen molar-refractivity contribution in [3.63, 3.8) is 0 Å². The van der Waals surface area contributed by atoms with Gasteiger partial charge in [-0.2, -0.15) is 8.42 Å². The van der Waals surface area contributed by atoms with Crippen LogP contribution in [-0.2, 0) is 21.4 Å². The fraction of sp³-hybridized carbons (Fsp3) is 0.333. The van der Waals surface area contributed by atoms with Gasteiger partial charge in [-0.05, 0) is 34.5 Å². The highest BCUT2D eigenvalue weighted by Gasteiger charge is 2.28. The second kappa shape index (κ2) is 5.42. The first kappa shape index (κ1) is 15.4. The summed E-state index contributed by atoms with van der Waals surface area (Å²) < 4.78 is 29.6. The molecular formula is C12H13BrN2O3S2. The first-order valence-electron chi connectivity index (χ1n) is 5.86. The number of allylic oxidation sites excluding steroid dienone is 2. The molecule has 8 heteroatoms. The number of hydrogen-bond donors (Lipinski definition) is 0. The van der Waals surface area contributed by atoms with Crippen LogP contribution in [0.2, 0.25) is 0 Å². The number of hydrogen-bond acceptors (Lipinski definition) is 4. The second-order valence-electron chi connectivity index (χ2n) is 4.24. The molecule has 5 nitrogen and oxygen atoms in total. The van der Waals surface area contributed by atoms with Gasteiger partial charge in [-0.25, -0.2) is 0 Å². The zero-order valence-corrected chi connectivity index (χ0v) is 14.4. The van der Waals surface area contributed by atoms with Crippen molar-refractivity contribution in [1.82, 2.24) is 4.31 Å². The van der Waals surface area contributed by atoms with Crippen LogP contribution in [-0.4, -0.2) is 31.3 Å². The number of nitrogens with zero attached hydrogens (tertiary/aromatic N) is 2. The number of aryl methyl sites for hydroxylation is 1. The number of halogens is 1. The minimum atomic E-state index is -3.84. The summed E-state index contributed by atoms with van der Waals surface area (Å²) in [6.45, 7) is 3.35. The Morgan fingerprint density at radius 3 is 2.65 bits per heavy atom. The fourth-order valence-electron chi connectivity index (χ4n) is 1.77. The average molecular weight is 377 g/mol. The van der Waals surface area contributed by atoms with Crippen LogP contribution in [0.3, 0.4) is 0 Å². The molecule has 108 valence electrons. The molecule has 0 amide bonds. The summed E-state index contributed by atoms with van der Waals surface area (Å²) in [5.41, 5.74) is 0.427. The van der Waals surface area contributed by atoms with E-state index in [1.54, 1.807) is 0 Å². The van der Waals surface area contributed by atoms with Crippen molar-refractivity contribution in [2.45, 2.75) is 20.3 Å². The van der Waals surface area contributed by atoms with Gasteiger partial charge >= 0.3 is 10.2 Å². The van der Waals surface area contributed by atoms with E-state index in [1.165, 1.54) is 31.4 Å². The smallest absolute Gasteiger partial charge is 0.293 e. The first-order valence-corrected chi connectivity index (χ1v) is 8.87. The lowest BCUT2D eigenvalue weighted by Gasteiger charge is -2.22. The van der Waals surface area contributed by atoms with E-state index in [0.29, 0.717) is 5.71 Å². The molecule has 1 aliphatic heterocycles. The van der Waals surface area contributed by atoms with E-state index < -0.39 is 10.2 Å². The van der Waals surface area contributed by atoms with Crippen LogP contribution in [0.5, 0.6) is 0 Å². The molecule has 0 fully saturated rings. The van der Waals surface area contributed by atoms with E-state index in [4.69, 9.17) is 0 Å². The van der Waals surface area contributed by atoms with Gasteiger partial charge in [0, 0.05) is 23.3 Å². The molecule has 0 atom stereocenters. The summed E-state index contributed by atoms with van der Waals surface area (Å²) in [7, 11) is -2.52. The minimum absolute atomic E-state index is 0.123. The number of rotatable bonds is 3. The van der Waals surface area contributed by atoms with Crippen molar-refractivity contribution in [3.8, 4) is 0 Å². The Hall–Kier alpha value is -0.990. The first-order chi connectivity index (χ1) is 9.26. The lowest BCUT2D eigenvalue weighted by molar-refractivity contribution is -0.114. The van der Waals surface area contributed by atoms with Crippen molar-refractivity contribution < 1.29 is 13.2 Å². The van der Waals surface area contributed by atoms with E-state index in [2.05, 4.69) is 20.3 Å². The van der Waals surface area contributed by atoms with Crippen molar-refractivity contribution in [1.29, 1.82) is 0 Å². The molecule has 0 aliphatic carbocycles. The largest absolute Gasteiger partial charge is 0.345 e. The summed E-state index contributed by atoms with van der Waals surface area (Å²) >= 11 is 4.90. The van der Waals surface area contributed by atoms with Crippen LogP contribution >= 0.6 is 27.3 Å². The zero-order chi connectivity index (χ0) is 15.1. The molecular weight excluding hydrogens is 364 g/mol. The topological polar surface area (TPSA) is 66.8 Å². The molecule has 0 radical (unpaired) electrons. The van der Waals surface area contributed by atoms with Crippen molar-refractivity contribution in [2.24, 2.45) is 4.40 Å². The summed E-state index contributed by atoms with van der Waals surface area (Å²) in [6.07, 6.45) is 2.36. The summed E-state index contributed by atoms with van der Waals surface area (Å²) in [5, 5.41) is 0. The quantitative estimate of drug-likeness (QED) is 0.813. The third-order valence-corrected chi connectivity index (χ3v) is 6.45. The number of ketones is 1. The van der Waals surface area contributed by atoms with E-state index in [0.717, 1.165) is 25.0 Å². The summed E-state index contributed by atoms with van der Waals surface area (Å²) in [4.78, 5) is 13.4. The van der Waals surface area contributed by atoms with Gasteiger partial charge in [-0.1, -0.05) is 6.92 Å². The predicted molar refractivity (Wildman–Crippen MR) is 83.4 cm³/mol. The molecule has 0 bridgehead atoms. The van der Waals surface area contributed by atoms with Gasteiger partial charge in [0.15, 0.2) is 5.78 Å². The summed E-state index contributed by atoms with van der Waals surface area (Å²) in [6, 6.07) is 1.83. The zero-order valence-electron chi connectivity index (χ0n) is 11.2.